The van der Waals surface area contributed by atoms with E-state index in [1.54, 1.807) is 36.4 Å². The van der Waals surface area contributed by atoms with E-state index in [0.29, 0.717) is 41.8 Å². The first-order valence-electron chi connectivity index (χ1n) is 8.45. The van der Waals surface area contributed by atoms with Gasteiger partial charge in [-0.2, -0.15) is 0 Å². The molecule has 28 heavy (non-hydrogen) atoms. The normalized spacial score (nSPS) is 12.4. The standard InChI is InChI=1S/C19H17N3O6/c1-24-13-4-3-5-14(25-2)16(13)17(23)20-19-22-21-18(28-19)11-6-7-12-15(10-11)27-9-8-26-12/h3-7,10H,8-9H2,1-2H3,(H,20,22,23). The summed E-state index contributed by atoms with van der Waals surface area (Å²) in [5.41, 5.74) is 0.874. The van der Waals surface area contributed by atoms with Crippen molar-refractivity contribution in [3.8, 4) is 34.5 Å². The van der Waals surface area contributed by atoms with Gasteiger partial charge in [-0.05, 0) is 30.3 Å². The van der Waals surface area contributed by atoms with Crippen molar-refractivity contribution in [1.29, 1.82) is 0 Å². The Bertz CT molecular complexity index is 994. The summed E-state index contributed by atoms with van der Waals surface area (Å²) in [6.07, 6.45) is 0. The smallest absolute Gasteiger partial charge is 0.322 e. The minimum atomic E-state index is -0.494. The summed E-state index contributed by atoms with van der Waals surface area (Å²) < 4.78 is 27.1. The lowest BCUT2D eigenvalue weighted by atomic mass is 10.1. The fourth-order valence-corrected chi connectivity index (χ4v) is 2.80. The van der Waals surface area contributed by atoms with E-state index in [1.807, 2.05) is 0 Å². The SMILES string of the molecule is COc1cccc(OC)c1C(=O)Nc1nnc(-c2ccc3c(c2)OCCO3)o1. The Morgan fingerprint density at radius 1 is 1.00 bits per heavy atom. The number of ether oxygens (including phenoxy) is 4. The molecule has 0 saturated carbocycles. The number of benzene rings is 2. The lowest BCUT2D eigenvalue weighted by Gasteiger charge is -2.18. The zero-order valence-corrected chi connectivity index (χ0v) is 15.2. The maximum atomic E-state index is 12.7. The third kappa shape index (κ3) is 3.29. The molecule has 0 atom stereocenters. The summed E-state index contributed by atoms with van der Waals surface area (Å²) >= 11 is 0. The molecule has 0 radical (unpaired) electrons. The van der Waals surface area contributed by atoms with Crippen LogP contribution in [-0.4, -0.2) is 43.5 Å². The maximum absolute atomic E-state index is 12.7. The highest BCUT2D eigenvalue weighted by Crippen LogP contribution is 2.34. The number of carbonyl (C=O) groups excluding carboxylic acids is 1. The van der Waals surface area contributed by atoms with Crippen molar-refractivity contribution in [3.05, 3.63) is 42.0 Å². The van der Waals surface area contributed by atoms with Crippen LogP contribution in [0, 0.1) is 0 Å². The van der Waals surface area contributed by atoms with Gasteiger partial charge in [0, 0.05) is 5.56 Å². The molecule has 1 aliphatic heterocycles. The van der Waals surface area contributed by atoms with Crippen LogP contribution in [0.3, 0.4) is 0 Å². The first-order chi connectivity index (χ1) is 13.7. The van der Waals surface area contributed by atoms with Gasteiger partial charge in [0.05, 0.1) is 14.2 Å². The van der Waals surface area contributed by atoms with Gasteiger partial charge in [0.1, 0.15) is 30.3 Å². The molecule has 1 N–H and O–H groups in total. The fraction of sp³-hybridized carbons (Fsp3) is 0.211. The Hall–Kier alpha value is -3.75. The lowest BCUT2D eigenvalue weighted by Crippen LogP contribution is -2.15. The molecule has 9 heteroatoms. The molecule has 4 rings (SSSR count). The van der Waals surface area contributed by atoms with E-state index in [1.165, 1.54) is 14.2 Å². The van der Waals surface area contributed by atoms with E-state index in [9.17, 15) is 4.79 Å². The molecule has 3 aromatic rings. The summed E-state index contributed by atoms with van der Waals surface area (Å²) in [7, 11) is 2.94. The molecule has 9 nitrogen and oxygen atoms in total. The van der Waals surface area contributed by atoms with Crippen molar-refractivity contribution >= 4 is 11.9 Å². The summed E-state index contributed by atoms with van der Waals surface area (Å²) in [6, 6.07) is 10.3. The van der Waals surface area contributed by atoms with Crippen LogP contribution in [-0.2, 0) is 0 Å². The number of hydrogen-bond acceptors (Lipinski definition) is 8. The van der Waals surface area contributed by atoms with E-state index in [4.69, 9.17) is 23.4 Å². The van der Waals surface area contributed by atoms with Gasteiger partial charge in [-0.25, -0.2) is 0 Å². The number of rotatable bonds is 5. The minimum Gasteiger partial charge on any atom is -0.496 e. The second kappa shape index (κ2) is 7.47. The van der Waals surface area contributed by atoms with Gasteiger partial charge >= 0.3 is 6.01 Å². The number of fused-ring (bicyclic) bond motifs is 1. The average Bonchev–Trinajstić information content (AvgIpc) is 3.21. The molecule has 144 valence electrons. The van der Waals surface area contributed by atoms with Crippen LogP contribution in [0.15, 0.2) is 40.8 Å². The Kier molecular flexibility index (Phi) is 4.71. The zero-order valence-electron chi connectivity index (χ0n) is 15.2. The second-order valence-electron chi connectivity index (χ2n) is 5.76. The molecule has 0 spiro atoms. The highest BCUT2D eigenvalue weighted by molar-refractivity contribution is 6.07. The lowest BCUT2D eigenvalue weighted by molar-refractivity contribution is 0.101. The van der Waals surface area contributed by atoms with Crippen LogP contribution in [0.2, 0.25) is 0 Å². The Morgan fingerprint density at radius 2 is 1.71 bits per heavy atom. The molecule has 0 fully saturated rings. The van der Waals surface area contributed by atoms with Crippen molar-refractivity contribution < 1.29 is 28.2 Å². The third-order valence-corrected chi connectivity index (χ3v) is 4.09. The van der Waals surface area contributed by atoms with E-state index in [-0.39, 0.29) is 17.5 Å². The highest BCUT2D eigenvalue weighted by atomic mass is 16.6. The number of nitrogens with one attached hydrogen (secondary N) is 1. The summed E-state index contributed by atoms with van der Waals surface area (Å²) in [5.74, 6) is 1.73. The van der Waals surface area contributed by atoms with Gasteiger partial charge in [-0.1, -0.05) is 11.2 Å². The first-order valence-corrected chi connectivity index (χ1v) is 8.45. The number of aromatic nitrogens is 2. The topological polar surface area (TPSA) is 105 Å². The molecule has 1 amide bonds. The number of hydrogen-bond donors (Lipinski definition) is 1. The van der Waals surface area contributed by atoms with Crippen LogP contribution in [0.4, 0.5) is 6.01 Å². The van der Waals surface area contributed by atoms with Gasteiger partial charge < -0.3 is 23.4 Å². The van der Waals surface area contributed by atoms with Crippen LogP contribution >= 0.6 is 0 Å². The monoisotopic (exact) mass is 383 g/mol. The molecule has 2 heterocycles. The maximum Gasteiger partial charge on any atom is 0.322 e. The Labute approximate surface area is 160 Å². The largest absolute Gasteiger partial charge is 0.496 e. The number of methoxy groups -OCH3 is 2. The van der Waals surface area contributed by atoms with Crippen LogP contribution in [0.5, 0.6) is 23.0 Å². The molecule has 0 unspecified atom stereocenters. The molecular formula is C19H17N3O6. The highest BCUT2D eigenvalue weighted by Gasteiger charge is 2.21. The van der Waals surface area contributed by atoms with Gasteiger partial charge in [0.25, 0.3) is 5.91 Å². The third-order valence-electron chi connectivity index (χ3n) is 4.09. The quantitative estimate of drug-likeness (QED) is 0.717. The number of nitrogens with zero attached hydrogens (tertiary/aromatic N) is 2. The van der Waals surface area contributed by atoms with Gasteiger partial charge in [-0.15, -0.1) is 5.10 Å². The minimum absolute atomic E-state index is 0.0529. The fourth-order valence-electron chi connectivity index (χ4n) is 2.80. The Morgan fingerprint density at radius 3 is 2.43 bits per heavy atom. The molecule has 0 aliphatic carbocycles. The molecule has 1 aliphatic rings. The van der Waals surface area contributed by atoms with Gasteiger partial charge in [0.2, 0.25) is 5.89 Å². The van der Waals surface area contributed by atoms with E-state index < -0.39 is 5.91 Å². The van der Waals surface area contributed by atoms with Crippen LogP contribution in [0.25, 0.3) is 11.5 Å². The van der Waals surface area contributed by atoms with E-state index in [0.717, 1.165) is 0 Å². The van der Waals surface area contributed by atoms with Crippen LogP contribution in [0.1, 0.15) is 10.4 Å². The van der Waals surface area contributed by atoms with Crippen molar-refractivity contribution in [3.63, 3.8) is 0 Å². The van der Waals surface area contributed by atoms with Crippen molar-refractivity contribution in [2.24, 2.45) is 0 Å². The summed E-state index contributed by atoms with van der Waals surface area (Å²) in [6.45, 7) is 0.984. The first kappa shape index (κ1) is 17.7. The van der Waals surface area contributed by atoms with Crippen LogP contribution < -0.4 is 24.3 Å². The molecule has 0 saturated heterocycles. The van der Waals surface area contributed by atoms with Crippen molar-refractivity contribution in [2.45, 2.75) is 0 Å². The number of anilines is 1. The molecule has 1 aromatic heterocycles. The number of carbonyl (C=O) groups is 1. The van der Waals surface area contributed by atoms with E-state index >= 15 is 0 Å². The molecular weight excluding hydrogens is 366 g/mol. The summed E-state index contributed by atoms with van der Waals surface area (Å²) in [5, 5.41) is 10.4. The summed E-state index contributed by atoms with van der Waals surface area (Å²) in [4.78, 5) is 12.7. The zero-order chi connectivity index (χ0) is 19.5. The van der Waals surface area contributed by atoms with Gasteiger partial charge in [0.15, 0.2) is 11.5 Å². The predicted octanol–water partition coefficient (Wildman–Crippen LogP) is 2.78. The Balaban J connectivity index is 1.57. The number of amides is 1. The van der Waals surface area contributed by atoms with Crippen molar-refractivity contribution in [2.75, 3.05) is 32.8 Å². The molecule has 2 aromatic carbocycles. The average molecular weight is 383 g/mol. The predicted molar refractivity (Wildman–Crippen MR) is 98.2 cm³/mol. The van der Waals surface area contributed by atoms with Gasteiger partial charge in [-0.3, -0.25) is 10.1 Å². The van der Waals surface area contributed by atoms with Crippen molar-refractivity contribution in [1.82, 2.24) is 10.2 Å². The molecule has 0 bridgehead atoms. The van der Waals surface area contributed by atoms with E-state index in [2.05, 4.69) is 15.5 Å². The second-order valence-corrected chi connectivity index (χ2v) is 5.76.